The maximum absolute atomic E-state index is 12.0. The number of ether oxygens (including phenoxy) is 2. The smallest absolute Gasteiger partial charge is 0.319 e. The van der Waals surface area contributed by atoms with Gasteiger partial charge in [0.05, 0.1) is 14.2 Å². The van der Waals surface area contributed by atoms with Crippen LogP contribution >= 0.6 is 0 Å². The van der Waals surface area contributed by atoms with Crippen LogP contribution in [0.2, 0.25) is 0 Å². The highest BCUT2D eigenvalue weighted by Gasteiger charge is 2.07. The second-order valence-electron chi connectivity index (χ2n) is 5.76. The van der Waals surface area contributed by atoms with E-state index in [9.17, 15) is 4.79 Å². The van der Waals surface area contributed by atoms with E-state index in [2.05, 4.69) is 39.8 Å². The second kappa shape index (κ2) is 8.82. The predicted molar refractivity (Wildman–Crippen MR) is 101 cm³/mol. The lowest BCUT2D eigenvalue weighted by Crippen LogP contribution is -2.30. The van der Waals surface area contributed by atoms with E-state index in [1.165, 1.54) is 5.56 Å². The Labute approximate surface area is 148 Å². The van der Waals surface area contributed by atoms with Gasteiger partial charge in [-0.05, 0) is 36.2 Å². The van der Waals surface area contributed by atoms with E-state index in [4.69, 9.17) is 9.47 Å². The minimum absolute atomic E-state index is 0.253. The van der Waals surface area contributed by atoms with Crippen molar-refractivity contribution in [3.63, 3.8) is 0 Å². The Morgan fingerprint density at radius 1 is 1.00 bits per heavy atom. The van der Waals surface area contributed by atoms with Crippen LogP contribution in [0.4, 0.5) is 16.2 Å². The van der Waals surface area contributed by atoms with Gasteiger partial charge in [0.15, 0.2) is 11.5 Å². The largest absolute Gasteiger partial charge is 0.493 e. The number of anilines is 2. The Kier molecular flexibility index (Phi) is 6.51. The van der Waals surface area contributed by atoms with Crippen LogP contribution in [-0.4, -0.2) is 40.9 Å². The van der Waals surface area contributed by atoms with E-state index in [-0.39, 0.29) is 6.03 Å². The lowest BCUT2D eigenvalue weighted by atomic mass is 10.1. The molecule has 0 atom stereocenters. The summed E-state index contributed by atoms with van der Waals surface area (Å²) in [6.07, 6.45) is 0.771. The van der Waals surface area contributed by atoms with Crippen molar-refractivity contribution in [3.8, 4) is 11.5 Å². The molecule has 0 aliphatic carbocycles. The molecular formula is C19H25N3O3. The van der Waals surface area contributed by atoms with Crippen molar-refractivity contribution < 1.29 is 14.3 Å². The third-order valence-corrected chi connectivity index (χ3v) is 3.79. The summed E-state index contributed by atoms with van der Waals surface area (Å²) in [4.78, 5) is 14.1. The van der Waals surface area contributed by atoms with Crippen LogP contribution in [0.3, 0.4) is 0 Å². The zero-order chi connectivity index (χ0) is 18.2. The van der Waals surface area contributed by atoms with Gasteiger partial charge in [0.2, 0.25) is 0 Å². The number of nitrogens with one attached hydrogen (secondary N) is 2. The number of rotatable bonds is 7. The number of carbonyl (C=O) groups is 1. The monoisotopic (exact) mass is 343 g/mol. The SMILES string of the molecule is COc1ccc(NC(=O)NCCc2ccc(N(C)C)cc2)cc1OC. The molecule has 2 aromatic rings. The Hall–Kier alpha value is -2.89. The Morgan fingerprint density at radius 3 is 2.28 bits per heavy atom. The molecule has 0 saturated carbocycles. The average molecular weight is 343 g/mol. The molecule has 0 heterocycles. The van der Waals surface area contributed by atoms with Crippen molar-refractivity contribution in [2.75, 3.05) is 45.1 Å². The first-order chi connectivity index (χ1) is 12.0. The number of methoxy groups -OCH3 is 2. The van der Waals surface area contributed by atoms with E-state index < -0.39 is 0 Å². The van der Waals surface area contributed by atoms with Crippen LogP contribution in [0, 0.1) is 0 Å². The minimum Gasteiger partial charge on any atom is -0.493 e. The topological polar surface area (TPSA) is 62.8 Å². The van der Waals surface area contributed by atoms with Gasteiger partial charge in [0.1, 0.15) is 0 Å². The molecule has 6 nitrogen and oxygen atoms in total. The summed E-state index contributed by atoms with van der Waals surface area (Å²) in [6.45, 7) is 0.556. The molecule has 0 aliphatic heterocycles. The first-order valence-corrected chi connectivity index (χ1v) is 8.06. The van der Waals surface area contributed by atoms with Gasteiger partial charge < -0.3 is 25.0 Å². The van der Waals surface area contributed by atoms with E-state index in [1.54, 1.807) is 32.4 Å². The number of nitrogens with zero attached hydrogens (tertiary/aromatic N) is 1. The van der Waals surface area contributed by atoms with E-state index in [0.29, 0.717) is 23.7 Å². The van der Waals surface area contributed by atoms with Crippen molar-refractivity contribution in [2.24, 2.45) is 0 Å². The minimum atomic E-state index is -0.253. The highest BCUT2D eigenvalue weighted by atomic mass is 16.5. The summed E-state index contributed by atoms with van der Waals surface area (Å²) in [5.74, 6) is 1.19. The number of benzene rings is 2. The molecule has 0 bridgehead atoms. The molecule has 0 saturated heterocycles. The summed E-state index contributed by atoms with van der Waals surface area (Å²) >= 11 is 0. The number of hydrogen-bond donors (Lipinski definition) is 2. The van der Waals surface area contributed by atoms with Crippen LogP contribution in [0.5, 0.6) is 11.5 Å². The normalized spacial score (nSPS) is 10.1. The molecule has 0 unspecified atom stereocenters. The first-order valence-electron chi connectivity index (χ1n) is 8.06. The fourth-order valence-electron chi connectivity index (χ4n) is 2.37. The fourth-order valence-corrected chi connectivity index (χ4v) is 2.37. The molecule has 0 radical (unpaired) electrons. The maximum atomic E-state index is 12.0. The standard InChI is InChI=1S/C19H25N3O3/c1-22(2)16-8-5-14(6-9-16)11-12-20-19(23)21-15-7-10-17(24-3)18(13-15)25-4/h5-10,13H,11-12H2,1-4H3,(H2,20,21,23). The van der Waals surface area contributed by atoms with Gasteiger partial charge >= 0.3 is 6.03 Å². The molecule has 0 spiro atoms. The lowest BCUT2D eigenvalue weighted by molar-refractivity contribution is 0.252. The molecule has 6 heteroatoms. The van der Waals surface area contributed by atoms with E-state index in [1.807, 2.05) is 14.1 Å². The van der Waals surface area contributed by atoms with Crippen LogP contribution in [-0.2, 0) is 6.42 Å². The maximum Gasteiger partial charge on any atom is 0.319 e. The van der Waals surface area contributed by atoms with E-state index >= 15 is 0 Å². The first kappa shape index (κ1) is 18.4. The number of amides is 2. The summed E-state index contributed by atoms with van der Waals surface area (Å²) in [6, 6.07) is 13.3. The second-order valence-corrected chi connectivity index (χ2v) is 5.76. The molecule has 2 aromatic carbocycles. The van der Waals surface area contributed by atoms with Crippen LogP contribution in [0.1, 0.15) is 5.56 Å². The molecule has 25 heavy (non-hydrogen) atoms. The Morgan fingerprint density at radius 2 is 1.68 bits per heavy atom. The molecule has 134 valence electrons. The van der Waals surface area contributed by atoms with Gasteiger partial charge in [-0.2, -0.15) is 0 Å². The molecule has 0 aliphatic rings. The van der Waals surface area contributed by atoms with Crippen molar-refractivity contribution in [1.82, 2.24) is 5.32 Å². The number of hydrogen-bond acceptors (Lipinski definition) is 4. The van der Waals surface area contributed by atoms with Gasteiger partial charge in [-0.1, -0.05) is 12.1 Å². The molecule has 2 amide bonds. The number of carbonyl (C=O) groups excluding carboxylic acids is 1. The van der Waals surface area contributed by atoms with Crippen LogP contribution in [0.25, 0.3) is 0 Å². The van der Waals surface area contributed by atoms with Crippen molar-refractivity contribution in [2.45, 2.75) is 6.42 Å². The quantitative estimate of drug-likeness (QED) is 0.811. The predicted octanol–water partition coefficient (Wildman–Crippen LogP) is 3.13. The lowest BCUT2D eigenvalue weighted by Gasteiger charge is -2.13. The summed E-state index contributed by atoms with van der Waals surface area (Å²) < 4.78 is 10.4. The highest BCUT2D eigenvalue weighted by Crippen LogP contribution is 2.29. The average Bonchev–Trinajstić information content (AvgIpc) is 2.62. The summed E-state index contributed by atoms with van der Waals surface area (Å²) in [5, 5.41) is 5.64. The molecule has 0 fully saturated rings. The Balaban J connectivity index is 1.82. The molecule has 0 aromatic heterocycles. The third kappa shape index (κ3) is 5.31. The van der Waals surface area contributed by atoms with Crippen molar-refractivity contribution in [1.29, 1.82) is 0 Å². The van der Waals surface area contributed by atoms with Gasteiger partial charge in [0.25, 0.3) is 0 Å². The molecule has 2 N–H and O–H groups in total. The van der Waals surface area contributed by atoms with Gasteiger partial charge in [-0.15, -0.1) is 0 Å². The van der Waals surface area contributed by atoms with Crippen LogP contribution < -0.4 is 25.0 Å². The van der Waals surface area contributed by atoms with Gasteiger partial charge in [-0.3, -0.25) is 0 Å². The van der Waals surface area contributed by atoms with Crippen LogP contribution in [0.15, 0.2) is 42.5 Å². The zero-order valence-corrected chi connectivity index (χ0v) is 15.1. The van der Waals surface area contributed by atoms with E-state index in [0.717, 1.165) is 12.1 Å². The Bertz CT molecular complexity index is 700. The van der Waals surface area contributed by atoms with Gasteiger partial charge in [0, 0.05) is 38.1 Å². The summed E-state index contributed by atoms with van der Waals surface area (Å²) in [5.41, 5.74) is 2.98. The van der Waals surface area contributed by atoms with Crippen molar-refractivity contribution >= 4 is 17.4 Å². The third-order valence-electron chi connectivity index (χ3n) is 3.79. The molecule has 2 rings (SSSR count). The summed E-state index contributed by atoms with van der Waals surface area (Å²) in [7, 11) is 7.15. The molecular weight excluding hydrogens is 318 g/mol. The number of urea groups is 1. The van der Waals surface area contributed by atoms with Gasteiger partial charge in [-0.25, -0.2) is 4.79 Å². The van der Waals surface area contributed by atoms with Crippen molar-refractivity contribution in [3.05, 3.63) is 48.0 Å². The zero-order valence-electron chi connectivity index (χ0n) is 15.1. The highest BCUT2D eigenvalue weighted by molar-refractivity contribution is 5.89. The fraction of sp³-hybridized carbons (Fsp3) is 0.316.